The van der Waals surface area contributed by atoms with E-state index in [1.165, 1.54) is 25.7 Å². The number of rotatable bonds is 34. The van der Waals surface area contributed by atoms with Crippen LogP contribution in [-0.4, -0.2) is 89.6 Å². The molecule has 0 bridgehead atoms. The molecule has 310 valence electrons. The lowest BCUT2D eigenvalue weighted by atomic mass is 9.99. The van der Waals surface area contributed by atoms with Gasteiger partial charge in [0.25, 0.3) is 0 Å². The van der Waals surface area contributed by atoms with Gasteiger partial charge in [-0.1, -0.05) is 132 Å². The van der Waals surface area contributed by atoms with Crippen molar-refractivity contribution in [2.45, 2.75) is 179 Å². The van der Waals surface area contributed by atoms with Crippen molar-refractivity contribution in [3.8, 4) is 0 Å². The molecule has 1 aliphatic rings. The van der Waals surface area contributed by atoms with Crippen LogP contribution < -0.4 is 0 Å². The van der Waals surface area contributed by atoms with E-state index in [1.54, 1.807) is 0 Å². The molecule has 0 aliphatic carbocycles. The highest BCUT2D eigenvalue weighted by Crippen LogP contribution is 2.22. The summed E-state index contributed by atoms with van der Waals surface area (Å²) in [6.45, 7) is 4.30. The normalized spacial score (nSPS) is 21.6. The van der Waals surface area contributed by atoms with E-state index in [0.717, 1.165) is 96.3 Å². The molecule has 0 amide bonds. The van der Waals surface area contributed by atoms with Crippen molar-refractivity contribution in [2.24, 2.45) is 0 Å². The van der Waals surface area contributed by atoms with E-state index in [4.69, 9.17) is 18.9 Å². The monoisotopic (exact) mass is 761 g/mol. The maximum Gasteiger partial charge on any atom is 0.306 e. The average Bonchev–Trinajstić information content (AvgIpc) is 3.17. The van der Waals surface area contributed by atoms with Gasteiger partial charge in [-0.25, -0.2) is 0 Å². The summed E-state index contributed by atoms with van der Waals surface area (Å²) < 4.78 is 22.7. The quantitative estimate of drug-likeness (QED) is 0.0288. The zero-order valence-corrected chi connectivity index (χ0v) is 33.7. The average molecular weight is 761 g/mol. The van der Waals surface area contributed by atoms with Crippen molar-refractivity contribution < 1.29 is 44.2 Å². The van der Waals surface area contributed by atoms with Gasteiger partial charge in [0, 0.05) is 13.0 Å². The van der Waals surface area contributed by atoms with Crippen LogP contribution in [-0.2, 0) is 23.7 Å². The molecule has 0 aromatic carbocycles. The van der Waals surface area contributed by atoms with Crippen LogP contribution in [0.1, 0.15) is 142 Å². The summed E-state index contributed by atoms with van der Waals surface area (Å²) in [6, 6.07) is 0. The minimum Gasteiger partial charge on any atom is -0.457 e. The predicted octanol–water partition coefficient (Wildman–Crippen LogP) is 8.91. The standard InChI is InChI=1S/C45H76O9/c1-3-5-7-9-11-13-15-17-19-20-21-22-24-26-28-30-32-34-41(47)53-39(38-52-45-44(50)43(49)42(48)40(36-46)54-45)37-51-35-33-31-29-27-25-23-18-16-14-12-10-8-6-4-2/h5,7-8,10-11,13-14,16-17,19,21-22,39-40,42-46,48-50H,3-4,6,9,12,15,18,20,23-38H2,1-2H3/b7-5-,10-8-,13-11-,16-14-,19-17-,22-21-. The number of aliphatic hydroxyl groups is 4. The summed E-state index contributed by atoms with van der Waals surface area (Å²) in [6.07, 6.45) is 39.2. The van der Waals surface area contributed by atoms with Gasteiger partial charge in [0.15, 0.2) is 6.29 Å². The van der Waals surface area contributed by atoms with Crippen LogP contribution in [0.2, 0.25) is 0 Å². The highest BCUT2D eigenvalue weighted by Gasteiger charge is 2.44. The zero-order valence-electron chi connectivity index (χ0n) is 33.7. The summed E-state index contributed by atoms with van der Waals surface area (Å²) in [5.74, 6) is -0.345. The molecule has 0 spiro atoms. The van der Waals surface area contributed by atoms with Crippen LogP contribution in [0, 0.1) is 0 Å². The fourth-order valence-electron chi connectivity index (χ4n) is 5.81. The van der Waals surface area contributed by atoms with Crippen LogP contribution in [0.25, 0.3) is 0 Å². The van der Waals surface area contributed by atoms with Crippen LogP contribution in [0.5, 0.6) is 0 Å². The SMILES string of the molecule is CC/C=C\C/C=C\C/C=C\C/C=C\CCCCCCC(=O)OC(COCCCCCCCC/C=C\C/C=C\CCC)COC1OC(CO)C(O)C(O)C1O. The highest BCUT2D eigenvalue weighted by molar-refractivity contribution is 5.69. The van der Waals surface area contributed by atoms with E-state index in [9.17, 15) is 25.2 Å². The van der Waals surface area contributed by atoms with Crippen LogP contribution in [0.3, 0.4) is 0 Å². The van der Waals surface area contributed by atoms with Gasteiger partial charge in [-0.3, -0.25) is 4.79 Å². The minimum absolute atomic E-state index is 0.123. The van der Waals surface area contributed by atoms with Gasteiger partial charge < -0.3 is 39.4 Å². The maximum atomic E-state index is 12.7. The summed E-state index contributed by atoms with van der Waals surface area (Å²) in [4.78, 5) is 12.7. The van der Waals surface area contributed by atoms with Crippen molar-refractivity contribution in [3.63, 3.8) is 0 Å². The Morgan fingerprint density at radius 1 is 0.611 bits per heavy atom. The second-order valence-corrected chi connectivity index (χ2v) is 14.0. The van der Waals surface area contributed by atoms with Crippen LogP contribution in [0.4, 0.5) is 0 Å². The first-order chi connectivity index (χ1) is 26.4. The molecule has 1 fully saturated rings. The van der Waals surface area contributed by atoms with Crippen molar-refractivity contribution in [3.05, 3.63) is 72.9 Å². The molecule has 1 heterocycles. The molecule has 6 atom stereocenters. The van der Waals surface area contributed by atoms with Crippen molar-refractivity contribution in [2.75, 3.05) is 26.4 Å². The summed E-state index contributed by atoms with van der Waals surface area (Å²) in [5.41, 5.74) is 0. The number of hydrogen-bond donors (Lipinski definition) is 4. The van der Waals surface area contributed by atoms with Gasteiger partial charge in [0.05, 0.1) is 19.8 Å². The number of aliphatic hydroxyl groups excluding tert-OH is 4. The Morgan fingerprint density at radius 2 is 1.13 bits per heavy atom. The number of carbonyl (C=O) groups is 1. The van der Waals surface area contributed by atoms with Gasteiger partial charge in [-0.15, -0.1) is 0 Å². The van der Waals surface area contributed by atoms with Crippen molar-refractivity contribution in [1.82, 2.24) is 0 Å². The number of ether oxygens (including phenoxy) is 4. The van der Waals surface area contributed by atoms with Gasteiger partial charge in [-0.05, 0) is 77.0 Å². The molecule has 4 N–H and O–H groups in total. The van der Waals surface area contributed by atoms with Crippen molar-refractivity contribution in [1.29, 1.82) is 0 Å². The number of allylic oxidation sites excluding steroid dienone is 12. The first kappa shape index (κ1) is 49.6. The summed E-state index contributed by atoms with van der Waals surface area (Å²) in [5, 5.41) is 40.0. The topological polar surface area (TPSA) is 135 Å². The van der Waals surface area contributed by atoms with E-state index in [-0.39, 0.29) is 25.6 Å². The molecule has 0 radical (unpaired) electrons. The lowest BCUT2D eigenvalue weighted by Gasteiger charge is -2.39. The smallest absolute Gasteiger partial charge is 0.306 e. The molecule has 0 aromatic rings. The maximum absolute atomic E-state index is 12.7. The Kier molecular flexibility index (Phi) is 33.4. The molecule has 0 saturated carbocycles. The predicted molar refractivity (Wildman–Crippen MR) is 219 cm³/mol. The molecule has 6 unspecified atom stereocenters. The zero-order chi connectivity index (χ0) is 39.3. The third-order valence-corrected chi connectivity index (χ3v) is 9.09. The summed E-state index contributed by atoms with van der Waals surface area (Å²) in [7, 11) is 0. The Balaban J connectivity index is 2.33. The van der Waals surface area contributed by atoms with E-state index < -0.39 is 43.4 Å². The number of esters is 1. The Bertz CT molecular complexity index is 1050. The third kappa shape index (κ3) is 27.2. The molecule has 9 heteroatoms. The Morgan fingerprint density at radius 3 is 1.70 bits per heavy atom. The van der Waals surface area contributed by atoms with Gasteiger partial charge in [0.1, 0.15) is 30.5 Å². The lowest BCUT2D eigenvalue weighted by Crippen LogP contribution is -2.59. The highest BCUT2D eigenvalue weighted by atomic mass is 16.7. The molecule has 0 aromatic heterocycles. The number of unbranched alkanes of at least 4 members (excludes halogenated alkanes) is 11. The van der Waals surface area contributed by atoms with Gasteiger partial charge in [-0.2, -0.15) is 0 Å². The van der Waals surface area contributed by atoms with Crippen molar-refractivity contribution >= 4 is 5.97 Å². The van der Waals surface area contributed by atoms with Gasteiger partial charge in [0.2, 0.25) is 0 Å². The molecule has 1 saturated heterocycles. The Hall–Kier alpha value is -2.37. The summed E-state index contributed by atoms with van der Waals surface area (Å²) >= 11 is 0. The number of carbonyl (C=O) groups excluding carboxylic acids is 1. The lowest BCUT2D eigenvalue weighted by molar-refractivity contribution is -0.305. The third-order valence-electron chi connectivity index (χ3n) is 9.09. The minimum atomic E-state index is -1.55. The fraction of sp³-hybridized carbons (Fsp3) is 0.711. The second kappa shape index (κ2) is 36.3. The molecule has 9 nitrogen and oxygen atoms in total. The van der Waals surface area contributed by atoms with E-state index >= 15 is 0 Å². The van der Waals surface area contributed by atoms with E-state index in [1.807, 2.05) is 0 Å². The first-order valence-corrected chi connectivity index (χ1v) is 21.0. The molecule has 1 aliphatic heterocycles. The number of hydrogen-bond acceptors (Lipinski definition) is 9. The molecule has 1 rings (SSSR count). The van der Waals surface area contributed by atoms with Crippen LogP contribution >= 0.6 is 0 Å². The van der Waals surface area contributed by atoms with E-state index in [2.05, 4.69) is 86.8 Å². The van der Waals surface area contributed by atoms with Crippen LogP contribution in [0.15, 0.2) is 72.9 Å². The molecular formula is C45H76O9. The fourth-order valence-corrected chi connectivity index (χ4v) is 5.81. The second-order valence-electron chi connectivity index (χ2n) is 14.0. The Labute approximate surface area is 327 Å². The molecule has 54 heavy (non-hydrogen) atoms. The largest absolute Gasteiger partial charge is 0.457 e. The molecular weight excluding hydrogens is 684 g/mol. The van der Waals surface area contributed by atoms with E-state index in [0.29, 0.717) is 6.61 Å². The first-order valence-electron chi connectivity index (χ1n) is 21.0. The van der Waals surface area contributed by atoms with Gasteiger partial charge >= 0.3 is 5.97 Å².